The van der Waals surface area contributed by atoms with Gasteiger partial charge in [-0.2, -0.15) is 0 Å². The van der Waals surface area contributed by atoms with Crippen molar-refractivity contribution in [2.45, 2.75) is 12.8 Å². The Morgan fingerprint density at radius 1 is 1.50 bits per heavy atom. The lowest BCUT2D eigenvalue weighted by Gasteiger charge is -1.84. The van der Waals surface area contributed by atoms with Crippen LogP contribution in [0.15, 0.2) is 36.3 Å². The van der Waals surface area contributed by atoms with Crippen molar-refractivity contribution in [3.05, 3.63) is 36.3 Å². The summed E-state index contributed by atoms with van der Waals surface area (Å²) >= 11 is 0. The van der Waals surface area contributed by atoms with Gasteiger partial charge in [0.05, 0.1) is 0 Å². The molecule has 0 heterocycles. The third-order valence-electron chi connectivity index (χ3n) is 0.947. The Bertz CT molecular complexity index is 167. The number of hydrogen-bond acceptors (Lipinski definition) is 1. The highest BCUT2D eigenvalue weighted by Gasteiger charge is 1.75. The van der Waals surface area contributed by atoms with E-state index in [1.807, 2.05) is 12.2 Å². The molecule has 1 nitrogen and oxygen atoms in total. The lowest BCUT2D eigenvalue weighted by molar-refractivity contribution is 0.289. The average Bonchev–Trinajstić information content (AvgIpc) is 1.97. The zero-order valence-electron chi connectivity index (χ0n) is 6.01. The molecule has 0 saturated heterocycles. The van der Waals surface area contributed by atoms with Crippen LogP contribution in [0, 0.1) is 0 Å². The Hall–Kier alpha value is -1.00. The second-order valence-electron chi connectivity index (χ2n) is 1.78. The van der Waals surface area contributed by atoms with Crippen molar-refractivity contribution >= 4 is 0 Å². The fraction of sp³-hybridized carbons (Fsp3) is 0.333. The predicted octanol–water partition coefficient (Wildman–Crippen LogP) is 1.81. The molecule has 0 saturated carbocycles. The second kappa shape index (κ2) is 8.00. The molecule has 10 heavy (non-hydrogen) atoms. The lowest BCUT2D eigenvalue weighted by Crippen LogP contribution is -1.77. The summed E-state index contributed by atoms with van der Waals surface area (Å²) in [6, 6.07) is 0. The second-order valence-corrected chi connectivity index (χ2v) is 1.78. The monoisotopic (exact) mass is 136 g/mol. The Labute approximate surface area is 61.7 Å². The van der Waals surface area contributed by atoms with Crippen molar-refractivity contribution in [3.8, 4) is 0 Å². The molecule has 0 unspecified atom stereocenters. The average molecular weight is 136 g/mol. The first-order valence-corrected chi connectivity index (χ1v) is 3.28. The number of hydrogen-bond donors (Lipinski definition) is 1. The molecule has 0 rings (SSSR count). The zero-order chi connectivity index (χ0) is 7.66. The maximum absolute atomic E-state index is 8.39. The van der Waals surface area contributed by atoms with Gasteiger partial charge in [-0.25, -0.2) is 0 Å². The summed E-state index contributed by atoms with van der Waals surface area (Å²) in [5.41, 5.74) is 5.19. The number of aliphatic hydroxyl groups excluding tert-OH is 1. The van der Waals surface area contributed by atoms with E-state index < -0.39 is 0 Å². The normalized spacial score (nSPS) is 8.90. The molecule has 0 aliphatic heterocycles. The van der Waals surface area contributed by atoms with Crippen molar-refractivity contribution in [1.82, 2.24) is 0 Å². The third kappa shape index (κ3) is 7.00. The van der Waals surface area contributed by atoms with E-state index in [0.29, 0.717) is 0 Å². The van der Waals surface area contributed by atoms with Crippen LogP contribution in [0.1, 0.15) is 12.8 Å². The number of unbranched alkanes of at least 4 members (excludes halogenated alkanes) is 1. The Kier molecular flexibility index (Phi) is 7.20. The maximum Gasteiger partial charge on any atom is 0.0433 e. The van der Waals surface area contributed by atoms with E-state index >= 15 is 0 Å². The van der Waals surface area contributed by atoms with Crippen LogP contribution < -0.4 is 0 Å². The highest BCUT2D eigenvalue weighted by molar-refractivity contribution is 5.01. The molecular weight excluding hydrogens is 124 g/mol. The lowest BCUT2D eigenvalue weighted by atomic mass is 10.3. The summed E-state index contributed by atoms with van der Waals surface area (Å²) in [6.07, 6.45) is 7.31. The van der Waals surface area contributed by atoms with Crippen LogP contribution in [0.4, 0.5) is 0 Å². The molecule has 0 atom stereocenters. The topological polar surface area (TPSA) is 20.2 Å². The number of rotatable bonds is 4. The fourth-order valence-corrected chi connectivity index (χ4v) is 0.480. The highest BCUT2D eigenvalue weighted by atomic mass is 16.2. The minimum absolute atomic E-state index is 0.255. The third-order valence-corrected chi connectivity index (χ3v) is 0.947. The van der Waals surface area contributed by atoms with Gasteiger partial charge in [0.15, 0.2) is 0 Å². The largest absolute Gasteiger partial charge is 0.396 e. The molecule has 0 amide bonds. The van der Waals surface area contributed by atoms with E-state index in [1.54, 1.807) is 6.08 Å². The van der Waals surface area contributed by atoms with Crippen LogP contribution in [-0.2, 0) is 0 Å². The molecule has 0 fully saturated rings. The van der Waals surface area contributed by atoms with Crippen molar-refractivity contribution in [2.75, 3.05) is 6.61 Å². The highest BCUT2D eigenvalue weighted by Crippen LogP contribution is 1.88. The van der Waals surface area contributed by atoms with Crippen LogP contribution in [0.2, 0.25) is 0 Å². The van der Waals surface area contributed by atoms with Crippen LogP contribution in [0.5, 0.6) is 0 Å². The van der Waals surface area contributed by atoms with E-state index in [2.05, 4.69) is 18.0 Å². The van der Waals surface area contributed by atoms with E-state index in [-0.39, 0.29) is 6.61 Å². The summed E-state index contributed by atoms with van der Waals surface area (Å²) < 4.78 is 0. The molecule has 0 radical (unpaired) electrons. The molecule has 0 aromatic rings. The van der Waals surface area contributed by atoms with Gasteiger partial charge in [0.25, 0.3) is 0 Å². The first-order chi connectivity index (χ1) is 4.91. The van der Waals surface area contributed by atoms with Crippen molar-refractivity contribution in [3.63, 3.8) is 0 Å². The van der Waals surface area contributed by atoms with Gasteiger partial charge in [-0.05, 0) is 25.5 Å². The molecule has 0 bridgehead atoms. The molecule has 0 aromatic carbocycles. The van der Waals surface area contributed by atoms with Crippen LogP contribution in [0.25, 0.3) is 0 Å². The Morgan fingerprint density at radius 2 is 2.30 bits per heavy atom. The fourth-order valence-electron chi connectivity index (χ4n) is 0.480. The minimum atomic E-state index is 0.255. The quantitative estimate of drug-likeness (QED) is 0.355. The SMILES string of the molecule is C=C=C=C/C=C/CCCO. The first-order valence-electron chi connectivity index (χ1n) is 3.28. The summed E-state index contributed by atoms with van der Waals surface area (Å²) in [7, 11) is 0. The molecule has 54 valence electrons. The van der Waals surface area contributed by atoms with Gasteiger partial charge in [0, 0.05) is 6.61 Å². The Morgan fingerprint density at radius 3 is 2.90 bits per heavy atom. The Balaban J connectivity index is 3.38. The molecule has 1 heteroatoms. The van der Waals surface area contributed by atoms with Gasteiger partial charge in [0.1, 0.15) is 0 Å². The van der Waals surface area contributed by atoms with Gasteiger partial charge in [0.2, 0.25) is 0 Å². The van der Waals surface area contributed by atoms with E-state index in [0.717, 1.165) is 12.8 Å². The summed E-state index contributed by atoms with van der Waals surface area (Å²) in [5.74, 6) is 0. The summed E-state index contributed by atoms with van der Waals surface area (Å²) in [5, 5.41) is 8.39. The van der Waals surface area contributed by atoms with Gasteiger partial charge in [-0.15, -0.1) is 0 Å². The standard InChI is InChI=1S/C9H12O/c1-2-3-4-5-6-7-8-9-10/h4-6,10H,1,7-9H2/b6-5+. The minimum Gasteiger partial charge on any atom is -0.396 e. The molecule has 0 aliphatic rings. The summed E-state index contributed by atoms with van der Waals surface area (Å²) in [6.45, 7) is 3.61. The van der Waals surface area contributed by atoms with E-state index in [4.69, 9.17) is 5.11 Å². The zero-order valence-corrected chi connectivity index (χ0v) is 6.01. The van der Waals surface area contributed by atoms with E-state index in [1.165, 1.54) is 0 Å². The van der Waals surface area contributed by atoms with Crippen LogP contribution >= 0.6 is 0 Å². The maximum atomic E-state index is 8.39. The first kappa shape index (κ1) is 9.00. The van der Waals surface area contributed by atoms with Gasteiger partial charge < -0.3 is 5.11 Å². The van der Waals surface area contributed by atoms with Gasteiger partial charge in [-0.3, -0.25) is 0 Å². The number of aliphatic hydroxyl groups is 1. The van der Waals surface area contributed by atoms with Gasteiger partial charge in [-0.1, -0.05) is 23.6 Å². The number of allylic oxidation sites excluding steroid dienone is 3. The van der Waals surface area contributed by atoms with Crippen molar-refractivity contribution in [1.29, 1.82) is 0 Å². The predicted molar refractivity (Wildman–Crippen MR) is 42.7 cm³/mol. The van der Waals surface area contributed by atoms with E-state index in [9.17, 15) is 0 Å². The van der Waals surface area contributed by atoms with Crippen LogP contribution in [-0.4, -0.2) is 11.7 Å². The molecule has 1 N–H and O–H groups in total. The molecular formula is C9H12O. The molecule has 0 spiro atoms. The van der Waals surface area contributed by atoms with Crippen LogP contribution in [0.3, 0.4) is 0 Å². The van der Waals surface area contributed by atoms with Crippen molar-refractivity contribution < 1.29 is 5.11 Å². The summed E-state index contributed by atoms with van der Waals surface area (Å²) in [4.78, 5) is 0. The smallest absolute Gasteiger partial charge is 0.0433 e. The molecule has 0 aromatic heterocycles. The van der Waals surface area contributed by atoms with Crippen molar-refractivity contribution in [2.24, 2.45) is 0 Å². The van der Waals surface area contributed by atoms with Gasteiger partial charge >= 0.3 is 0 Å². The molecule has 0 aliphatic carbocycles.